The predicted octanol–water partition coefficient (Wildman–Crippen LogP) is 5.54. The topological polar surface area (TPSA) is 32.3 Å². The lowest BCUT2D eigenvalue weighted by atomic mass is 9.79. The highest BCUT2D eigenvalue weighted by Crippen LogP contribution is 2.31. The molecule has 26 heavy (non-hydrogen) atoms. The molecule has 1 amide bonds. The number of likely N-dealkylation sites (tertiary alicyclic amines) is 1. The highest BCUT2D eigenvalue weighted by Gasteiger charge is 2.28. The zero-order valence-electron chi connectivity index (χ0n) is 17.4. The minimum atomic E-state index is 0.424. The van der Waals surface area contributed by atoms with Crippen LogP contribution < -0.4 is 5.32 Å². The van der Waals surface area contributed by atoms with E-state index in [1.807, 2.05) is 0 Å². The fourth-order valence-corrected chi connectivity index (χ4v) is 4.86. The van der Waals surface area contributed by atoms with Gasteiger partial charge < -0.3 is 10.2 Å². The van der Waals surface area contributed by atoms with Crippen molar-refractivity contribution in [2.75, 3.05) is 26.2 Å². The van der Waals surface area contributed by atoms with Crippen LogP contribution in [0.15, 0.2) is 0 Å². The Kier molecular flexibility index (Phi) is 11.3. The van der Waals surface area contributed by atoms with Crippen LogP contribution in [0, 0.1) is 11.8 Å². The Balaban J connectivity index is 1.44. The van der Waals surface area contributed by atoms with Gasteiger partial charge in [0.2, 0.25) is 5.91 Å². The molecular formula is C23H44N2O. The van der Waals surface area contributed by atoms with Gasteiger partial charge in [0.25, 0.3) is 0 Å². The number of piperidine rings is 2. The average Bonchev–Trinajstić information content (AvgIpc) is 2.70. The Bertz CT molecular complexity index is 357. The monoisotopic (exact) mass is 364 g/mol. The smallest absolute Gasteiger partial charge is 0.222 e. The lowest BCUT2D eigenvalue weighted by molar-refractivity contribution is -0.133. The van der Waals surface area contributed by atoms with E-state index in [1.165, 1.54) is 96.6 Å². The van der Waals surface area contributed by atoms with Crippen molar-refractivity contribution in [1.82, 2.24) is 10.2 Å². The van der Waals surface area contributed by atoms with Crippen LogP contribution in [0.2, 0.25) is 0 Å². The van der Waals surface area contributed by atoms with Gasteiger partial charge in [-0.3, -0.25) is 4.79 Å². The van der Waals surface area contributed by atoms with E-state index in [9.17, 15) is 4.79 Å². The van der Waals surface area contributed by atoms with Gasteiger partial charge in [-0.15, -0.1) is 0 Å². The maximum absolute atomic E-state index is 12.4. The summed E-state index contributed by atoms with van der Waals surface area (Å²) >= 11 is 0. The molecule has 1 N–H and O–H groups in total. The summed E-state index contributed by atoms with van der Waals surface area (Å²) in [6.45, 7) is 6.71. The predicted molar refractivity (Wildman–Crippen MR) is 111 cm³/mol. The summed E-state index contributed by atoms with van der Waals surface area (Å²) in [6, 6.07) is 0. The van der Waals surface area contributed by atoms with E-state index in [0.717, 1.165) is 37.8 Å². The van der Waals surface area contributed by atoms with Gasteiger partial charge in [-0.05, 0) is 57.0 Å². The van der Waals surface area contributed by atoms with Crippen LogP contribution in [0.5, 0.6) is 0 Å². The summed E-state index contributed by atoms with van der Waals surface area (Å²) in [5, 5.41) is 3.47. The van der Waals surface area contributed by atoms with Gasteiger partial charge in [0.15, 0.2) is 0 Å². The van der Waals surface area contributed by atoms with Crippen LogP contribution in [-0.4, -0.2) is 37.0 Å². The summed E-state index contributed by atoms with van der Waals surface area (Å²) in [4.78, 5) is 14.6. The zero-order valence-corrected chi connectivity index (χ0v) is 17.4. The summed E-state index contributed by atoms with van der Waals surface area (Å²) in [5.74, 6) is 2.21. The van der Waals surface area contributed by atoms with Crippen LogP contribution in [0.25, 0.3) is 0 Å². The molecule has 2 saturated heterocycles. The van der Waals surface area contributed by atoms with Gasteiger partial charge in [0.1, 0.15) is 0 Å². The molecule has 2 rings (SSSR count). The number of hydrogen-bond donors (Lipinski definition) is 1. The maximum atomic E-state index is 12.4. The van der Waals surface area contributed by atoms with Crippen molar-refractivity contribution in [1.29, 1.82) is 0 Å². The second-order valence-corrected chi connectivity index (χ2v) is 8.74. The summed E-state index contributed by atoms with van der Waals surface area (Å²) < 4.78 is 0. The number of nitrogens with one attached hydrogen (secondary N) is 1. The molecule has 2 aliphatic rings. The van der Waals surface area contributed by atoms with Crippen molar-refractivity contribution in [2.45, 2.75) is 103 Å². The van der Waals surface area contributed by atoms with Crippen LogP contribution in [0.3, 0.4) is 0 Å². The number of nitrogens with zero attached hydrogens (tertiary/aromatic N) is 1. The molecule has 152 valence electrons. The number of carbonyl (C=O) groups is 1. The first kappa shape index (κ1) is 21.7. The summed E-state index contributed by atoms with van der Waals surface area (Å²) in [5.41, 5.74) is 0. The molecule has 0 spiro atoms. The van der Waals surface area contributed by atoms with Gasteiger partial charge in [-0.25, -0.2) is 0 Å². The number of amides is 1. The summed E-state index contributed by atoms with van der Waals surface area (Å²) in [7, 11) is 0. The van der Waals surface area contributed by atoms with Crippen molar-refractivity contribution >= 4 is 5.91 Å². The Hall–Kier alpha value is -0.570. The van der Waals surface area contributed by atoms with Gasteiger partial charge in [-0.2, -0.15) is 0 Å². The Morgan fingerprint density at radius 1 is 0.769 bits per heavy atom. The van der Waals surface area contributed by atoms with E-state index in [-0.39, 0.29) is 0 Å². The first-order valence-corrected chi connectivity index (χ1v) is 11.8. The van der Waals surface area contributed by atoms with Crippen molar-refractivity contribution < 1.29 is 4.79 Å². The lowest BCUT2D eigenvalue weighted by Gasteiger charge is -2.37. The number of unbranched alkanes of at least 4 members (excludes halogenated alkanes) is 9. The molecule has 0 saturated carbocycles. The number of carbonyl (C=O) groups excluding carboxylic acids is 1. The molecule has 3 nitrogen and oxygen atoms in total. The lowest BCUT2D eigenvalue weighted by Crippen LogP contribution is -2.41. The molecule has 0 aromatic carbocycles. The fraction of sp³-hybridized carbons (Fsp3) is 0.957. The van der Waals surface area contributed by atoms with Crippen LogP contribution >= 0.6 is 0 Å². The van der Waals surface area contributed by atoms with E-state index in [1.54, 1.807) is 0 Å². The first-order valence-electron chi connectivity index (χ1n) is 11.8. The quantitative estimate of drug-likeness (QED) is 0.461. The second-order valence-electron chi connectivity index (χ2n) is 8.74. The molecule has 0 atom stereocenters. The van der Waals surface area contributed by atoms with Gasteiger partial charge in [0, 0.05) is 19.5 Å². The largest absolute Gasteiger partial charge is 0.343 e. The molecule has 0 aromatic rings. The molecule has 0 unspecified atom stereocenters. The highest BCUT2D eigenvalue weighted by molar-refractivity contribution is 5.76. The number of hydrogen-bond acceptors (Lipinski definition) is 2. The van der Waals surface area contributed by atoms with E-state index < -0.39 is 0 Å². The third-order valence-corrected chi connectivity index (χ3v) is 6.69. The summed E-state index contributed by atoms with van der Waals surface area (Å²) in [6.07, 6.45) is 19.4. The SMILES string of the molecule is CCCCCCCCCCCCC(=O)N1CCC(C2CCNCC2)CC1. The molecule has 2 aliphatic heterocycles. The van der Waals surface area contributed by atoms with E-state index in [4.69, 9.17) is 0 Å². The Morgan fingerprint density at radius 3 is 1.85 bits per heavy atom. The van der Waals surface area contributed by atoms with Crippen LogP contribution in [0.4, 0.5) is 0 Å². The normalized spacial score (nSPS) is 19.8. The third kappa shape index (κ3) is 8.41. The van der Waals surface area contributed by atoms with Gasteiger partial charge >= 0.3 is 0 Å². The first-order chi connectivity index (χ1) is 12.8. The standard InChI is InChI=1S/C23H44N2O/c1-2-3-4-5-6-7-8-9-10-11-12-23(26)25-19-15-22(16-20-25)21-13-17-24-18-14-21/h21-22,24H,2-20H2,1H3. The minimum Gasteiger partial charge on any atom is -0.343 e. The van der Waals surface area contributed by atoms with Gasteiger partial charge in [-0.1, -0.05) is 64.7 Å². The molecular weight excluding hydrogens is 320 g/mol. The van der Waals surface area contributed by atoms with Crippen LogP contribution in [-0.2, 0) is 4.79 Å². The molecule has 0 bridgehead atoms. The maximum Gasteiger partial charge on any atom is 0.222 e. The molecule has 0 aliphatic carbocycles. The van der Waals surface area contributed by atoms with Crippen molar-refractivity contribution in [2.24, 2.45) is 11.8 Å². The Labute approximate surface area is 162 Å². The van der Waals surface area contributed by atoms with E-state index in [2.05, 4.69) is 17.1 Å². The van der Waals surface area contributed by atoms with Crippen molar-refractivity contribution in [3.8, 4) is 0 Å². The van der Waals surface area contributed by atoms with Crippen molar-refractivity contribution in [3.05, 3.63) is 0 Å². The second kappa shape index (κ2) is 13.6. The molecule has 0 aromatic heterocycles. The zero-order chi connectivity index (χ0) is 18.5. The fourth-order valence-electron chi connectivity index (χ4n) is 4.86. The number of rotatable bonds is 12. The molecule has 2 fully saturated rings. The third-order valence-electron chi connectivity index (χ3n) is 6.69. The van der Waals surface area contributed by atoms with Gasteiger partial charge in [0.05, 0.1) is 0 Å². The molecule has 0 radical (unpaired) electrons. The average molecular weight is 365 g/mol. The van der Waals surface area contributed by atoms with E-state index >= 15 is 0 Å². The molecule has 3 heteroatoms. The highest BCUT2D eigenvalue weighted by atomic mass is 16.2. The molecule has 2 heterocycles. The van der Waals surface area contributed by atoms with Crippen LogP contribution in [0.1, 0.15) is 103 Å². The van der Waals surface area contributed by atoms with Crippen molar-refractivity contribution in [3.63, 3.8) is 0 Å². The Morgan fingerprint density at radius 2 is 1.27 bits per heavy atom. The minimum absolute atomic E-state index is 0.424. The van der Waals surface area contributed by atoms with E-state index in [0.29, 0.717) is 5.91 Å².